The highest BCUT2D eigenvalue weighted by Gasteiger charge is 2.14. The molecule has 0 aliphatic carbocycles. The number of hydrogen-bond acceptors (Lipinski definition) is 4. The summed E-state index contributed by atoms with van der Waals surface area (Å²) in [4.78, 5) is 10.4. The highest BCUT2D eigenvalue weighted by molar-refractivity contribution is 5.77. The van der Waals surface area contributed by atoms with Crippen LogP contribution >= 0.6 is 0 Å². The predicted molar refractivity (Wildman–Crippen MR) is 69.7 cm³/mol. The zero-order valence-electron chi connectivity index (χ0n) is 9.75. The molecule has 0 fully saturated rings. The summed E-state index contributed by atoms with van der Waals surface area (Å²) >= 11 is 0. The molecule has 0 spiro atoms. The van der Waals surface area contributed by atoms with Gasteiger partial charge in [-0.1, -0.05) is 18.2 Å². The summed E-state index contributed by atoms with van der Waals surface area (Å²) in [5.41, 5.74) is 1.80. The molecule has 0 unspecified atom stereocenters. The number of phenolic OH excluding ortho intramolecular Hbond substituents is 1. The van der Waals surface area contributed by atoms with Gasteiger partial charge < -0.3 is 10.4 Å². The SMILES string of the molecule is CNc1cc(-c2ccccc2O)ccc1[N+](=O)[O-]. The number of nitro benzene ring substituents is 1. The summed E-state index contributed by atoms with van der Waals surface area (Å²) < 4.78 is 0. The third-order valence-corrected chi connectivity index (χ3v) is 2.68. The molecule has 18 heavy (non-hydrogen) atoms. The Hall–Kier alpha value is -2.56. The van der Waals surface area contributed by atoms with E-state index in [9.17, 15) is 15.2 Å². The van der Waals surface area contributed by atoms with E-state index in [4.69, 9.17) is 0 Å². The standard InChI is InChI=1S/C13H12N2O3/c1-14-11-8-9(6-7-12(11)15(17)18)10-4-2-3-5-13(10)16/h2-8,14,16H,1H3. The fourth-order valence-corrected chi connectivity index (χ4v) is 1.78. The lowest BCUT2D eigenvalue weighted by Crippen LogP contribution is -1.96. The van der Waals surface area contributed by atoms with Crippen molar-refractivity contribution in [3.05, 3.63) is 52.6 Å². The summed E-state index contributed by atoms with van der Waals surface area (Å²) in [5.74, 6) is 0.147. The van der Waals surface area contributed by atoms with Crippen molar-refractivity contribution < 1.29 is 10.0 Å². The number of aromatic hydroxyl groups is 1. The van der Waals surface area contributed by atoms with Crippen LogP contribution in [-0.2, 0) is 0 Å². The Labute approximate surface area is 104 Å². The van der Waals surface area contributed by atoms with Crippen molar-refractivity contribution in [2.24, 2.45) is 0 Å². The first-order valence-electron chi connectivity index (χ1n) is 5.38. The maximum atomic E-state index is 10.8. The maximum absolute atomic E-state index is 10.8. The Morgan fingerprint density at radius 1 is 1.22 bits per heavy atom. The summed E-state index contributed by atoms with van der Waals surface area (Å²) in [5, 5.41) is 23.3. The molecular formula is C13H12N2O3. The number of nitro groups is 1. The van der Waals surface area contributed by atoms with Crippen molar-refractivity contribution >= 4 is 11.4 Å². The highest BCUT2D eigenvalue weighted by atomic mass is 16.6. The van der Waals surface area contributed by atoms with Crippen LogP contribution in [0.15, 0.2) is 42.5 Å². The van der Waals surface area contributed by atoms with E-state index in [-0.39, 0.29) is 11.4 Å². The van der Waals surface area contributed by atoms with Crippen LogP contribution in [-0.4, -0.2) is 17.1 Å². The van der Waals surface area contributed by atoms with Gasteiger partial charge in [0.05, 0.1) is 4.92 Å². The van der Waals surface area contributed by atoms with Crippen LogP contribution < -0.4 is 5.32 Å². The first-order valence-corrected chi connectivity index (χ1v) is 5.38. The van der Waals surface area contributed by atoms with Crippen LogP contribution in [0.5, 0.6) is 5.75 Å². The zero-order valence-corrected chi connectivity index (χ0v) is 9.75. The van der Waals surface area contributed by atoms with E-state index in [1.807, 2.05) is 0 Å². The molecule has 0 heterocycles. The van der Waals surface area contributed by atoms with Gasteiger partial charge in [0.25, 0.3) is 5.69 Å². The summed E-state index contributed by atoms with van der Waals surface area (Å²) in [6.07, 6.45) is 0. The van der Waals surface area contributed by atoms with Crippen LogP contribution in [0.25, 0.3) is 11.1 Å². The van der Waals surface area contributed by atoms with E-state index in [0.29, 0.717) is 11.3 Å². The molecule has 2 rings (SSSR count). The van der Waals surface area contributed by atoms with Crippen molar-refractivity contribution in [3.8, 4) is 16.9 Å². The minimum atomic E-state index is -0.444. The van der Waals surface area contributed by atoms with Gasteiger partial charge in [-0.15, -0.1) is 0 Å². The molecule has 2 aromatic rings. The average molecular weight is 244 g/mol. The second-order valence-electron chi connectivity index (χ2n) is 3.76. The normalized spacial score (nSPS) is 10.1. The molecule has 0 amide bonds. The molecule has 0 aromatic heterocycles. The van der Waals surface area contributed by atoms with Gasteiger partial charge in [0, 0.05) is 18.7 Å². The minimum Gasteiger partial charge on any atom is -0.507 e. The van der Waals surface area contributed by atoms with Gasteiger partial charge in [-0.25, -0.2) is 0 Å². The third kappa shape index (κ3) is 2.10. The maximum Gasteiger partial charge on any atom is 0.292 e. The Balaban J connectivity index is 2.55. The van der Waals surface area contributed by atoms with Gasteiger partial charge >= 0.3 is 0 Å². The molecule has 92 valence electrons. The number of hydrogen-bond donors (Lipinski definition) is 2. The fraction of sp³-hybridized carbons (Fsp3) is 0.0769. The average Bonchev–Trinajstić information content (AvgIpc) is 2.38. The lowest BCUT2D eigenvalue weighted by atomic mass is 10.0. The number of benzene rings is 2. The molecule has 2 aromatic carbocycles. The van der Waals surface area contributed by atoms with Gasteiger partial charge in [-0.2, -0.15) is 0 Å². The number of phenols is 1. The molecule has 0 saturated carbocycles. The van der Waals surface area contributed by atoms with E-state index in [2.05, 4.69) is 5.32 Å². The van der Waals surface area contributed by atoms with Crippen LogP contribution in [0, 0.1) is 10.1 Å². The zero-order chi connectivity index (χ0) is 13.1. The van der Waals surface area contributed by atoms with Gasteiger partial charge in [0.2, 0.25) is 0 Å². The molecule has 2 N–H and O–H groups in total. The quantitative estimate of drug-likeness (QED) is 0.642. The van der Waals surface area contributed by atoms with Crippen LogP contribution in [0.4, 0.5) is 11.4 Å². The van der Waals surface area contributed by atoms with E-state index in [1.54, 1.807) is 43.4 Å². The van der Waals surface area contributed by atoms with Gasteiger partial charge in [-0.3, -0.25) is 10.1 Å². The number of para-hydroxylation sites is 1. The van der Waals surface area contributed by atoms with E-state index in [1.165, 1.54) is 6.07 Å². The van der Waals surface area contributed by atoms with Crippen LogP contribution in [0.3, 0.4) is 0 Å². The Kier molecular flexibility index (Phi) is 3.14. The second-order valence-corrected chi connectivity index (χ2v) is 3.76. The predicted octanol–water partition coefficient (Wildman–Crippen LogP) is 3.01. The molecule has 0 aliphatic heterocycles. The molecule has 0 atom stereocenters. The van der Waals surface area contributed by atoms with Crippen molar-refractivity contribution in [2.75, 3.05) is 12.4 Å². The van der Waals surface area contributed by atoms with Crippen molar-refractivity contribution in [1.29, 1.82) is 0 Å². The molecule has 0 bridgehead atoms. The van der Waals surface area contributed by atoms with Crippen molar-refractivity contribution in [3.63, 3.8) is 0 Å². The van der Waals surface area contributed by atoms with E-state index >= 15 is 0 Å². The van der Waals surface area contributed by atoms with E-state index < -0.39 is 4.92 Å². The molecule has 0 saturated heterocycles. The van der Waals surface area contributed by atoms with E-state index in [0.717, 1.165) is 5.56 Å². The number of nitrogens with one attached hydrogen (secondary N) is 1. The van der Waals surface area contributed by atoms with Crippen molar-refractivity contribution in [1.82, 2.24) is 0 Å². The summed E-state index contributed by atoms with van der Waals surface area (Å²) in [7, 11) is 1.62. The Bertz CT molecular complexity index is 597. The lowest BCUT2D eigenvalue weighted by Gasteiger charge is -2.07. The first-order chi connectivity index (χ1) is 8.63. The Morgan fingerprint density at radius 2 is 1.94 bits per heavy atom. The third-order valence-electron chi connectivity index (χ3n) is 2.68. The first kappa shape index (κ1) is 11.9. The highest BCUT2D eigenvalue weighted by Crippen LogP contribution is 2.34. The molecular weight excluding hydrogens is 232 g/mol. The van der Waals surface area contributed by atoms with Gasteiger partial charge in [-0.05, 0) is 23.8 Å². The molecule has 5 heteroatoms. The summed E-state index contributed by atoms with van der Waals surface area (Å²) in [6.45, 7) is 0. The molecule has 0 radical (unpaired) electrons. The van der Waals surface area contributed by atoms with Gasteiger partial charge in [0.15, 0.2) is 0 Å². The monoisotopic (exact) mass is 244 g/mol. The fourth-order valence-electron chi connectivity index (χ4n) is 1.78. The molecule has 0 aliphatic rings. The lowest BCUT2D eigenvalue weighted by molar-refractivity contribution is -0.383. The van der Waals surface area contributed by atoms with Gasteiger partial charge in [0.1, 0.15) is 11.4 Å². The Morgan fingerprint density at radius 3 is 2.56 bits per heavy atom. The van der Waals surface area contributed by atoms with Crippen molar-refractivity contribution in [2.45, 2.75) is 0 Å². The van der Waals surface area contributed by atoms with Crippen LogP contribution in [0.2, 0.25) is 0 Å². The summed E-state index contributed by atoms with van der Waals surface area (Å²) in [6, 6.07) is 11.6. The second kappa shape index (κ2) is 4.75. The number of rotatable bonds is 3. The molecule has 5 nitrogen and oxygen atoms in total. The largest absolute Gasteiger partial charge is 0.507 e. The van der Waals surface area contributed by atoms with Crippen LogP contribution in [0.1, 0.15) is 0 Å². The number of anilines is 1. The topological polar surface area (TPSA) is 75.4 Å². The number of nitrogens with zero attached hydrogens (tertiary/aromatic N) is 1. The minimum absolute atomic E-state index is 0.0108. The smallest absolute Gasteiger partial charge is 0.292 e.